The minimum atomic E-state index is -1.58. The second kappa shape index (κ2) is 53.4. The van der Waals surface area contributed by atoms with Gasteiger partial charge in [0.2, 0.25) is 5.91 Å². The molecule has 7 unspecified atom stereocenters. The molecule has 0 radical (unpaired) electrons. The van der Waals surface area contributed by atoms with E-state index >= 15 is 0 Å². The van der Waals surface area contributed by atoms with E-state index in [1.54, 1.807) is 6.08 Å². The van der Waals surface area contributed by atoms with Crippen LogP contribution in [0.3, 0.4) is 0 Å². The predicted molar refractivity (Wildman–Crippen MR) is 310 cm³/mol. The van der Waals surface area contributed by atoms with Crippen LogP contribution in [0.15, 0.2) is 60.8 Å². The molecule has 11 nitrogen and oxygen atoms in total. The molecule has 75 heavy (non-hydrogen) atoms. The van der Waals surface area contributed by atoms with Crippen molar-refractivity contribution in [2.24, 2.45) is 0 Å². The lowest BCUT2D eigenvalue weighted by Gasteiger charge is -2.40. The summed E-state index contributed by atoms with van der Waals surface area (Å²) in [6.07, 6.45) is 59.4. The van der Waals surface area contributed by atoms with Gasteiger partial charge in [-0.05, 0) is 103 Å². The number of aliphatic hydroxyl groups is 5. The van der Waals surface area contributed by atoms with Crippen LogP contribution in [0.25, 0.3) is 0 Å². The lowest BCUT2D eigenvalue weighted by atomic mass is 9.99. The molecule has 1 aliphatic heterocycles. The van der Waals surface area contributed by atoms with E-state index in [1.165, 1.54) is 173 Å². The Morgan fingerprint density at radius 3 is 1.40 bits per heavy atom. The summed E-state index contributed by atoms with van der Waals surface area (Å²) in [6, 6.07) is -0.835. The second-order valence-corrected chi connectivity index (χ2v) is 21.4. The predicted octanol–water partition coefficient (Wildman–Crippen LogP) is 14.6. The Kier molecular flexibility index (Phi) is 50.1. The number of amides is 1. The van der Waals surface area contributed by atoms with E-state index in [4.69, 9.17) is 14.2 Å². The van der Waals surface area contributed by atoms with Crippen LogP contribution in [-0.4, -0.2) is 100 Å². The van der Waals surface area contributed by atoms with Crippen molar-refractivity contribution < 1.29 is 49.3 Å². The van der Waals surface area contributed by atoms with Gasteiger partial charge in [0.15, 0.2) is 6.29 Å². The third kappa shape index (κ3) is 43.0. The highest BCUT2D eigenvalue weighted by Crippen LogP contribution is 2.23. The molecule has 1 rings (SSSR count). The van der Waals surface area contributed by atoms with E-state index in [2.05, 4.69) is 54.8 Å². The molecule has 0 aromatic heterocycles. The summed E-state index contributed by atoms with van der Waals surface area (Å²) in [4.78, 5) is 25.0. The summed E-state index contributed by atoms with van der Waals surface area (Å²) in [7, 11) is 0. The maximum Gasteiger partial charge on any atom is 0.305 e. The molecule has 1 saturated heterocycles. The highest BCUT2D eigenvalue weighted by atomic mass is 16.7. The van der Waals surface area contributed by atoms with Crippen molar-refractivity contribution in [3.8, 4) is 0 Å². The number of aliphatic hydroxyl groups excluding tert-OH is 5. The van der Waals surface area contributed by atoms with Crippen molar-refractivity contribution >= 4 is 11.9 Å². The summed E-state index contributed by atoms with van der Waals surface area (Å²) in [5.74, 6) is -0.209. The van der Waals surface area contributed by atoms with Crippen molar-refractivity contribution in [2.75, 3.05) is 19.8 Å². The van der Waals surface area contributed by atoms with Crippen LogP contribution in [-0.2, 0) is 23.8 Å². The molecule has 1 heterocycles. The van der Waals surface area contributed by atoms with Gasteiger partial charge in [-0.3, -0.25) is 9.59 Å². The zero-order valence-electron chi connectivity index (χ0n) is 48.0. The molecule has 11 heteroatoms. The minimum Gasteiger partial charge on any atom is -0.466 e. The van der Waals surface area contributed by atoms with Crippen LogP contribution in [0.2, 0.25) is 0 Å². The lowest BCUT2D eigenvalue weighted by molar-refractivity contribution is -0.302. The average molecular weight is 1060 g/mol. The standard InChI is InChI=1S/C64H115NO10/c1-3-5-7-9-11-13-14-32-36-40-44-48-52-60(69)73-53-49-45-41-37-33-30-28-26-24-22-20-18-16-15-17-19-21-23-25-27-29-31-35-39-43-47-51-59(68)65-56(57(67)50-46-42-38-34-12-10-8-6-4-2)55-74-64-63(72)62(71)61(70)58(54-66)75-64/h4,6,11-13,15,17,34,46,50,56-58,61-64,66-67,70-72H,3,5,7-10,14,16,18-33,35-45,47-49,51-55H2,1-2H3,(H,65,68)/b6-4+,13-11-,17-15-,34-12+,50-46+. The van der Waals surface area contributed by atoms with Gasteiger partial charge in [-0.15, -0.1) is 0 Å². The summed E-state index contributed by atoms with van der Waals surface area (Å²) in [6.45, 7) is 4.06. The SMILES string of the molecule is C/C=C/CC/C=C/CC/C=C/C(O)C(COC1OC(CO)C(O)C(O)C1O)NC(=O)CCCCCCCCCCCC/C=C\CCCCCCCCCCCCCCOC(=O)CCCCCCC/C=C\CCCCC. The molecule has 0 aromatic rings. The molecule has 0 aliphatic carbocycles. The van der Waals surface area contributed by atoms with Crippen LogP contribution in [0.1, 0.15) is 271 Å². The third-order valence-corrected chi connectivity index (χ3v) is 14.4. The van der Waals surface area contributed by atoms with Gasteiger partial charge in [-0.1, -0.05) is 215 Å². The number of allylic oxidation sites excluding steroid dienone is 9. The molecular formula is C64H115NO10. The molecule has 436 valence electrons. The molecule has 0 aromatic carbocycles. The smallest absolute Gasteiger partial charge is 0.305 e. The molecule has 0 saturated carbocycles. The molecule has 7 atom stereocenters. The first-order valence-corrected chi connectivity index (χ1v) is 31.0. The molecular weight excluding hydrogens is 943 g/mol. The van der Waals surface area contributed by atoms with Gasteiger partial charge >= 0.3 is 5.97 Å². The Balaban J connectivity index is 1.98. The molecule has 0 bridgehead atoms. The molecule has 1 amide bonds. The first-order valence-electron chi connectivity index (χ1n) is 31.0. The molecule has 0 spiro atoms. The zero-order valence-corrected chi connectivity index (χ0v) is 48.0. The van der Waals surface area contributed by atoms with Gasteiger partial charge in [0, 0.05) is 12.8 Å². The zero-order chi connectivity index (χ0) is 54.5. The number of ether oxygens (including phenoxy) is 3. The maximum atomic E-state index is 13.0. The number of carbonyl (C=O) groups excluding carboxylic acids is 2. The van der Waals surface area contributed by atoms with Crippen molar-refractivity contribution in [3.05, 3.63) is 60.8 Å². The van der Waals surface area contributed by atoms with Crippen molar-refractivity contribution in [2.45, 2.75) is 314 Å². The van der Waals surface area contributed by atoms with Crippen LogP contribution in [0, 0.1) is 0 Å². The third-order valence-electron chi connectivity index (χ3n) is 14.4. The Morgan fingerprint density at radius 2 is 0.920 bits per heavy atom. The minimum absolute atomic E-state index is 0.00725. The van der Waals surface area contributed by atoms with E-state index in [1.807, 2.05) is 19.1 Å². The number of nitrogens with one attached hydrogen (secondary N) is 1. The highest BCUT2D eigenvalue weighted by Gasteiger charge is 2.44. The summed E-state index contributed by atoms with van der Waals surface area (Å²) in [5, 5.41) is 54.1. The number of hydrogen-bond donors (Lipinski definition) is 6. The molecule has 6 N–H and O–H groups in total. The van der Waals surface area contributed by atoms with Gasteiger partial charge in [0.05, 0.1) is 32.0 Å². The Bertz CT molecular complexity index is 1430. The average Bonchev–Trinajstić information content (AvgIpc) is 3.41. The Morgan fingerprint density at radius 1 is 0.507 bits per heavy atom. The van der Waals surface area contributed by atoms with Crippen LogP contribution in [0.4, 0.5) is 0 Å². The van der Waals surface area contributed by atoms with Crippen LogP contribution >= 0.6 is 0 Å². The largest absolute Gasteiger partial charge is 0.466 e. The van der Waals surface area contributed by atoms with Gasteiger partial charge in [0.25, 0.3) is 0 Å². The topological polar surface area (TPSA) is 175 Å². The van der Waals surface area contributed by atoms with Crippen molar-refractivity contribution in [3.63, 3.8) is 0 Å². The summed E-state index contributed by atoms with van der Waals surface area (Å²) < 4.78 is 16.6. The van der Waals surface area contributed by atoms with E-state index in [0.29, 0.717) is 19.4 Å². The number of carbonyl (C=O) groups is 2. The fourth-order valence-corrected chi connectivity index (χ4v) is 9.46. The van der Waals surface area contributed by atoms with Gasteiger partial charge in [-0.2, -0.15) is 0 Å². The Hall–Kier alpha value is -2.64. The van der Waals surface area contributed by atoms with Crippen LogP contribution < -0.4 is 5.32 Å². The molecule has 1 fully saturated rings. The monoisotopic (exact) mass is 1060 g/mol. The van der Waals surface area contributed by atoms with Gasteiger partial charge in [0.1, 0.15) is 24.4 Å². The summed E-state index contributed by atoms with van der Waals surface area (Å²) in [5.41, 5.74) is 0. The van der Waals surface area contributed by atoms with Crippen LogP contribution in [0.5, 0.6) is 0 Å². The summed E-state index contributed by atoms with van der Waals surface area (Å²) >= 11 is 0. The highest BCUT2D eigenvalue weighted by molar-refractivity contribution is 5.76. The first-order chi connectivity index (χ1) is 36.7. The van der Waals surface area contributed by atoms with E-state index < -0.39 is 49.5 Å². The lowest BCUT2D eigenvalue weighted by Crippen LogP contribution is -2.60. The first kappa shape index (κ1) is 70.4. The maximum absolute atomic E-state index is 13.0. The number of hydrogen-bond acceptors (Lipinski definition) is 10. The van der Waals surface area contributed by atoms with Crippen molar-refractivity contribution in [1.29, 1.82) is 0 Å². The second-order valence-electron chi connectivity index (χ2n) is 21.4. The number of rotatable bonds is 53. The van der Waals surface area contributed by atoms with E-state index in [0.717, 1.165) is 70.6 Å². The van der Waals surface area contributed by atoms with Gasteiger partial charge < -0.3 is 45.1 Å². The van der Waals surface area contributed by atoms with Crippen molar-refractivity contribution in [1.82, 2.24) is 5.32 Å². The fourth-order valence-electron chi connectivity index (χ4n) is 9.46. The number of esters is 1. The van der Waals surface area contributed by atoms with E-state index in [9.17, 15) is 35.1 Å². The normalized spacial score (nSPS) is 19.2. The fraction of sp³-hybridized carbons (Fsp3) is 0.812. The molecule has 1 aliphatic rings. The number of unbranched alkanes of at least 4 members (excludes halogenated alkanes) is 32. The van der Waals surface area contributed by atoms with E-state index in [-0.39, 0.29) is 18.5 Å². The van der Waals surface area contributed by atoms with Gasteiger partial charge in [-0.25, -0.2) is 0 Å². The Labute approximate surface area is 458 Å². The quantitative estimate of drug-likeness (QED) is 0.0195.